The van der Waals surface area contributed by atoms with E-state index in [-0.39, 0.29) is 5.82 Å². The Morgan fingerprint density at radius 3 is 2.79 bits per heavy atom. The van der Waals surface area contributed by atoms with Gasteiger partial charge in [0, 0.05) is 6.54 Å². The first-order valence-electron chi connectivity index (χ1n) is 4.45. The number of aryl methyl sites for hydroxylation is 1. The molecule has 0 saturated heterocycles. The van der Waals surface area contributed by atoms with Crippen LogP contribution < -0.4 is 0 Å². The summed E-state index contributed by atoms with van der Waals surface area (Å²) in [6, 6.07) is 6.49. The molecule has 4 heteroatoms. The number of rotatable bonds is 2. The minimum absolute atomic E-state index is 0.290. The van der Waals surface area contributed by atoms with Gasteiger partial charge in [0.25, 0.3) is 0 Å². The van der Waals surface area contributed by atoms with Crippen LogP contribution in [0.15, 0.2) is 30.6 Å². The van der Waals surface area contributed by atoms with Gasteiger partial charge in [0.05, 0.1) is 5.56 Å². The molecular formula is C10H10FN3. The highest BCUT2D eigenvalue weighted by Crippen LogP contribution is 2.17. The number of halogens is 1. The van der Waals surface area contributed by atoms with E-state index in [0.717, 1.165) is 6.54 Å². The van der Waals surface area contributed by atoms with Crippen molar-refractivity contribution < 1.29 is 4.39 Å². The van der Waals surface area contributed by atoms with E-state index in [0.29, 0.717) is 11.4 Å². The summed E-state index contributed by atoms with van der Waals surface area (Å²) in [5.41, 5.74) is 0.444. The smallest absolute Gasteiger partial charge is 0.184 e. The summed E-state index contributed by atoms with van der Waals surface area (Å²) >= 11 is 0. The Morgan fingerprint density at radius 1 is 1.36 bits per heavy atom. The Labute approximate surface area is 81.2 Å². The van der Waals surface area contributed by atoms with Crippen LogP contribution in [0.25, 0.3) is 11.4 Å². The summed E-state index contributed by atoms with van der Waals surface area (Å²) < 4.78 is 15.0. The average molecular weight is 191 g/mol. The second kappa shape index (κ2) is 3.57. The van der Waals surface area contributed by atoms with Gasteiger partial charge < -0.3 is 0 Å². The lowest BCUT2D eigenvalue weighted by atomic mass is 10.2. The summed E-state index contributed by atoms with van der Waals surface area (Å²) in [5.74, 6) is 0.145. The predicted octanol–water partition coefficient (Wildman–Crippen LogP) is 2.10. The fraction of sp³-hybridized carbons (Fsp3) is 0.200. The van der Waals surface area contributed by atoms with E-state index < -0.39 is 0 Å². The molecule has 0 atom stereocenters. The minimum atomic E-state index is -0.290. The maximum Gasteiger partial charge on any atom is 0.184 e. The van der Waals surface area contributed by atoms with Gasteiger partial charge in [0.1, 0.15) is 12.1 Å². The fourth-order valence-electron chi connectivity index (χ4n) is 1.21. The topological polar surface area (TPSA) is 30.7 Å². The van der Waals surface area contributed by atoms with Crippen molar-refractivity contribution >= 4 is 0 Å². The van der Waals surface area contributed by atoms with Gasteiger partial charge in [-0.2, -0.15) is 5.10 Å². The van der Waals surface area contributed by atoms with Gasteiger partial charge in [-0.3, -0.25) is 4.68 Å². The van der Waals surface area contributed by atoms with Crippen molar-refractivity contribution in [1.82, 2.24) is 14.8 Å². The van der Waals surface area contributed by atoms with E-state index in [1.165, 1.54) is 6.07 Å². The Hall–Kier alpha value is -1.71. The molecule has 1 aromatic heterocycles. The van der Waals surface area contributed by atoms with E-state index in [1.807, 2.05) is 6.92 Å². The molecule has 1 heterocycles. The molecule has 0 aliphatic rings. The van der Waals surface area contributed by atoms with Crippen LogP contribution in [-0.2, 0) is 6.54 Å². The Kier molecular flexibility index (Phi) is 2.26. The van der Waals surface area contributed by atoms with Crippen molar-refractivity contribution in [3.8, 4) is 11.4 Å². The molecule has 0 N–H and O–H groups in total. The number of aromatic nitrogens is 3. The van der Waals surface area contributed by atoms with E-state index in [9.17, 15) is 4.39 Å². The van der Waals surface area contributed by atoms with Gasteiger partial charge in [0.2, 0.25) is 0 Å². The van der Waals surface area contributed by atoms with Gasteiger partial charge >= 0.3 is 0 Å². The molecule has 0 saturated carbocycles. The summed E-state index contributed by atoms with van der Waals surface area (Å²) in [6.45, 7) is 2.70. The van der Waals surface area contributed by atoms with Gasteiger partial charge in [-0.1, -0.05) is 12.1 Å². The molecule has 0 amide bonds. The predicted molar refractivity (Wildman–Crippen MR) is 51.1 cm³/mol. The van der Waals surface area contributed by atoms with E-state index in [2.05, 4.69) is 10.1 Å². The zero-order valence-corrected chi connectivity index (χ0v) is 7.81. The average Bonchev–Trinajstić information content (AvgIpc) is 2.67. The third-order valence-electron chi connectivity index (χ3n) is 1.98. The van der Waals surface area contributed by atoms with E-state index in [4.69, 9.17) is 0 Å². The standard InChI is InChI=1S/C10H10FN3/c1-2-14-7-12-10(13-14)8-5-3-4-6-9(8)11/h3-7H,2H2,1H3. The summed E-state index contributed by atoms with van der Waals surface area (Å²) in [6.07, 6.45) is 1.60. The molecule has 14 heavy (non-hydrogen) atoms. The highest BCUT2D eigenvalue weighted by molar-refractivity contribution is 5.54. The van der Waals surface area contributed by atoms with Gasteiger partial charge in [-0.25, -0.2) is 9.37 Å². The second-order valence-corrected chi connectivity index (χ2v) is 2.90. The first-order chi connectivity index (χ1) is 6.81. The van der Waals surface area contributed by atoms with Gasteiger partial charge in [0.15, 0.2) is 5.82 Å². The lowest BCUT2D eigenvalue weighted by molar-refractivity contribution is 0.627. The summed E-state index contributed by atoms with van der Waals surface area (Å²) in [7, 11) is 0. The Balaban J connectivity index is 2.44. The Morgan fingerprint density at radius 2 is 2.14 bits per heavy atom. The van der Waals surface area contributed by atoms with Crippen LogP contribution in [0.3, 0.4) is 0 Å². The fourth-order valence-corrected chi connectivity index (χ4v) is 1.21. The third-order valence-corrected chi connectivity index (χ3v) is 1.98. The molecule has 0 spiro atoms. The molecule has 3 nitrogen and oxygen atoms in total. The van der Waals surface area contributed by atoms with Crippen LogP contribution in [0.4, 0.5) is 4.39 Å². The molecule has 2 aromatic rings. The van der Waals surface area contributed by atoms with Crippen molar-refractivity contribution in [2.75, 3.05) is 0 Å². The first-order valence-corrected chi connectivity index (χ1v) is 4.45. The summed E-state index contributed by atoms with van der Waals surface area (Å²) in [5, 5.41) is 4.13. The number of nitrogens with zero attached hydrogens (tertiary/aromatic N) is 3. The lowest BCUT2D eigenvalue weighted by Gasteiger charge is -1.96. The second-order valence-electron chi connectivity index (χ2n) is 2.90. The molecule has 0 aliphatic carbocycles. The van der Waals surface area contributed by atoms with E-state index in [1.54, 1.807) is 29.2 Å². The SMILES string of the molecule is CCn1cnc(-c2ccccc2F)n1. The molecule has 2 rings (SSSR count). The minimum Gasteiger partial charge on any atom is -0.253 e. The van der Waals surface area contributed by atoms with Crippen molar-refractivity contribution in [3.63, 3.8) is 0 Å². The summed E-state index contributed by atoms with van der Waals surface area (Å²) in [4.78, 5) is 4.03. The van der Waals surface area contributed by atoms with Crippen LogP contribution in [0, 0.1) is 5.82 Å². The molecule has 0 fully saturated rings. The zero-order valence-electron chi connectivity index (χ0n) is 7.81. The third kappa shape index (κ3) is 1.51. The highest BCUT2D eigenvalue weighted by atomic mass is 19.1. The number of hydrogen-bond acceptors (Lipinski definition) is 2. The maximum absolute atomic E-state index is 13.3. The maximum atomic E-state index is 13.3. The monoisotopic (exact) mass is 191 g/mol. The quantitative estimate of drug-likeness (QED) is 0.727. The van der Waals surface area contributed by atoms with Crippen molar-refractivity contribution in [2.45, 2.75) is 13.5 Å². The molecule has 72 valence electrons. The molecular weight excluding hydrogens is 181 g/mol. The van der Waals surface area contributed by atoms with Crippen LogP contribution in [0.1, 0.15) is 6.92 Å². The normalized spacial score (nSPS) is 10.4. The zero-order chi connectivity index (χ0) is 9.97. The van der Waals surface area contributed by atoms with Crippen LogP contribution in [0.5, 0.6) is 0 Å². The van der Waals surface area contributed by atoms with Crippen molar-refractivity contribution in [1.29, 1.82) is 0 Å². The number of benzene rings is 1. The van der Waals surface area contributed by atoms with Crippen LogP contribution in [-0.4, -0.2) is 14.8 Å². The molecule has 0 aliphatic heterocycles. The van der Waals surface area contributed by atoms with Crippen LogP contribution >= 0.6 is 0 Å². The van der Waals surface area contributed by atoms with Crippen molar-refractivity contribution in [2.24, 2.45) is 0 Å². The highest BCUT2D eigenvalue weighted by Gasteiger charge is 2.07. The molecule has 0 unspecified atom stereocenters. The van der Waals surface area contributed by atoms with Crippen LogP contribution in [0.2, 0.25) is 0 Å². The first kappa shape index (κ1) is 8.87. The molecule has 1 aromatic carbocycles. The van der Waals surface area contributed by atoms with Gasteiger partial charge in [-0.15, -0.1) is 0 Å². The Bertz CT molecular complexity index is 436. The molecule has 0 radical (unpaired) electrons. The number of hydrogen-bond donors (Lipinski definition) is 0. The molecule has 0 bridgehead atoms. The lowest BCUT2D eigenvalue weighted by Crippen LogP contribution is -1.94. The van der Waals surface area contributed by atoms with Gasteiger partial charge in [-0.05, 0) is 19.1 Å². The largest absolute Gasteiger partial charge is 0.253 e. The van der Waals surface area contributed by atoms with Crippen molar-refractivity contribution in [3.05, 3.63) is 36.4 Å². The van der Waals surface area contributed by atoms with E-state index >= 15 is 0 Å².